The summed E-state index contributed by atoms with van der Waals surface area (Å²) in [6, 6.07) is 0. The van der Waals surface area contributed by atoms with Gasteiger partial charge in [-0.25, -0.2) is 18.4 Å². The van der Waals surface area contributed by atoms with Crippen LogP contribution >= 0.6 is 0 Å². The number of aryl methyl sites for hydroxylation is 2. The standard InChI is InChI=1S/C15H22N6O2S/c1-9-17-15(19-18-9)13-8-21(7-12(13)11-4-5-11)24(22,23)14-6-16-10(2)20(14)3/h6,11-13H,4-5,7-8H2,1-3H3,(H,17,18,19)/t12-,13+/m0/s1. The van der Waals surface area contributed by atoms with Crippen molar-refractivity contribution < 1.29 is 8.42 Å². The topological polar surface area (TPSA) is 96.8 Å². The van der Waals surface area contributed by atoms with Crippen molar-refractivity contribution in [1.82, 2.24) is 29.0 Å². The van der Waals surface area contributed by atoms with E-state index in [0.717, 1.165) is 11.6 Å². The van der Waals surface area contributed by atoms with E-state index in [4.69, 9.17) is 0 Å². The van der Waals surface area contributed by atoms with Crippen LogP contribution in [0.25, 0.3) is 0 Å². The molecular formula is C15H22N6O2S. The molecule has 1 saturated heterocycles. The van der Waals surface area contributed by atoms with Crippen LogP contribution in [0.4, 0.5) is 0 Å². The number of nitrogens with one attached hydrogen (secondary N) is 1. The maximum Gasteiger partial charge on any atom is 0.260 e. The average Bonchev–Trinajstić information content (AvgIpc) is 2.96. The van der Waals surface area contributed by atoms with Gasteiger partial charge in [-0.1, -0.05) is 0 Å². The summed E-state index contributed by atoms with van der Waals surface area (Å²) in [7, 11) is -1.82. The summed E-state index contributed by atoms with van der Waals surface area (Å²) in [5, 5.41) is 7.43. The third-order valence-electron chi connectivity index (χ3n) is 5.29. The Bertz CT molecular complexity index is 866. The van der Waals surface area contributed by atoms with Gasteiger partial charge in [-0.2, -0.15) is 9.40 Å². The molecule has 0 aromatic carbocycles. The van der Waals surface area contributed by atoms with Crippen molar-refractivity contribution in [3.05, 3.63) is 23.7 Å². The van der Waals surface area contributed by atoms with E-state index in [1.165, 1.54) is 19.0 Å². The second-order valence-corrected chi connectivity index (χ2v) is 8.80. The lowest BCUT2D eigenvalue weighted by Gasteiger charge is -2.16. The Hall–Kier alpha value is -1.74. The molecule has 0 bridgehead atoms. The average molecular weight is 350 g/mol. The Labute approximate surface area is 141 Å². The summed E-state index contributed by atoms with van der Waals surface area (Å²) in [4.78, 5) is 8.59. The van der Waals surface area contributed by atoms with Crippen LogP contribution in [0, 0.1) is 25.7 Å². The largest absolute Gasteiger partial charge is 0.321 e. The lowest BCUT2D eigenvalue weighted by molar-refractivity contribution is 0.422. The molecule has 1 N–H and O–H groups in total. The monoisotopic (exact) mass is 350 g/mol. The fourth-order valence-electron chi connectivity index (χ4n) is 3.64. The van der Waals surface area contributed by atoms with Gasteiger partial charge in [0.1, 0.15) is 11.6 Å². The Morgan fingerprint density at radius 2 is 2.00 bits per heavy atom. The molecule has 0 unspecified atom stereocenters. The number of aromatic nitrogens is 5. The van der Waals surface area contributed by atoms with Crippen LogP contribution in [0.3, 0.4) is 0 Å². The molecule has 1 saturated carbocycles. The van der Waals surface area contributed by atoms with E-state index in [1.54, 1.807) is 22.8 Å². The van der Waals surface area contributed by atoms with Gasteiger partial charge < -0.3 is 4.57 Å². The first kappa shape index (κ1) is 15.8. The van der Waals surface area contributed by atoms with Crippen LogP contribution in [0.5, 0.6) is 0 Å². The highest BCUT2D eigenvalue weighted by Gasteiger charge is 2.48. The van der Waals surface area contributed by atoms with Gasteiger partial charge in [0.05, 0.1) is 6.20 Å². The maximum atomic E-state index is 13.1. The van der Waals surface area contributed by atoms with Crippen molar-refractivity contribution >= 4 is 10.0 Å². The van der Waals surface area contributed by atoms with Gasteiger partial charge in [0.25, 0.3) is 10.0 Å². The van der Waals surface area contributed by atoms with Crippen molar-refractivity contribution in [3.63, 3.8) is 0 Å². The van der Waals surface area contributed by atoms with Crippen LogP contribution in [-0.4, -0.2) is 50.5 Å². The van der Waals surface area contributed by atoms with Crippen molar-refractivity contribution in [3.8, 4) is 0 Å². The first-order chi connectivity index (χ1) is 11.4. The first-order valence-corrected chi connectivity index (χ1v) is 9.69. The number of hydrogen-bond donors (Lipinski definition) is 1. The number of rotatable bonds is 4. The zero-order valence-electron chi connectivity index (χ0n) is 14.1. The second-order valence-electron chi connectivity index (χ2n) is 6.91. The molecule has 8 nitrogen and oxygen atoms in total. The SMILES string of the molecule is Cc1nc([C@@H]2CN(S(=O)(=O)c3cnc(C)n3C)C[C@H]2C2CC2)n[nH]1. The van der Waals surface area contributed by atoms with Gasteiger partial charge in [0.2, 0.25) is 0 Å². The van der Waals surface area contributed by atoms with E-state index in [0.29, 0.717) is 30.7 Å². The molecule has 0 spiro atoms. The maximum absolute atomic E-state index is 13.1. The molecule has 2 aromatic rings. The molecule has 2 aromatic heterocycles. The summed E-state index contributed by atoms with van der Waals surface area (Å²) < 4.78 is 29.3. The molecule has 9 heteroatoms. The lowest BCUT2D eigenvalue weighted by Crippen LogP contribution is -2.30. The van der Waals surface area contributed by atoms with Crippen LogP contribution < -0.4 is 0 Å². The third kappa shape index (κ3) is 2.46. The molecule has 2 fully saturated rings. The summed E-state index contributed by atoms with van der Waals surface area (Å²) in [5.41, 5.74) is 0. The van der Waals surface area contributed by atoms with Crippen molar-refractivity contribution in [2.24, 2.45) is 18.9 Å². The van der Waals surface area contributed by atoms with Gasteiger partial charge in [-0.3, -0.25) is 5.10 Å². The summed E-state index contributed by atoms with van der Waals surface area (Å²) in [6.07, 6.45) is 3.79. The number of aromatic amines is 1. The fourth-order valence-corrected chi connectivity index (χ4v) is 5.30. The number of hydrogen-bond acceptors (Lipinski definition) is 5. The van der Waals surface area contributed by atoms with Gasteiger partial charge in [-0.15, -0.1) is 0 Å². The predicted octanol–water partition coefficient (Wildman–Crippen LogP) is 0.969. The Morgan fingerprint density at radius 1 is 1.25 bits per heavy atom. The zero-order valence-corrected chi connectivity index (χ0v) is 14.9. The normalized spacial score (nSPS) is 25.5. The minimum atomic E-state index is -3.55. The molecule has 0 radical (unpaired) electrons. The van der Waals surface area contributed by atoms with Crippen LogP contribution in [-0.2, 0) is 17.1 Å². The molecule has 4 rings (SSSR count). The van der Waals surface area contributed by atoms with Gasteiger partial charge in [-0.05, 0) is 38.5 Å². The van der Waals surface area contributed by atoms with Crippen molar-refractivity contribution in [2.75, 3.05) is 13.1 Å². The minimum Gasteiger partial charge on any atom is -0.321 e. The highest BCUT2D eigenvalue weighted by Crippen LogP contribution is 2.47. The van der Waals surface area contributed by atoms with E-state index in [1.807, 2.05) is 6.92 Å². The first-order valence-electron chi connectivity index (χ1n) is 8.25. The van der Waals surface area contributed by atoms with Crippen LogP contribution in [0.2, 0.25) is 0 Å². The molecule has 24 heavy (non-hydrogen) atoms. The quantitative estimate of drug-likeness (QED) is 0.886. The molecule has 130 valence electrons. The molecule has 0 amide bonds. The second kappa shape index (κ2) is 5.38. The number of imidazole rings is 1. The third-order valence-corrected chi connectivity index (χ3v) is 7.17. The molecule has 2 aliphatic rings. The van der Waals surface area contributed by atoms with E-state index in [-0.39, 0.29) is 10.9 Å². The van der Waals surface area contributed by atoms with Crippen molar-refractivity contribution in [1.29, 1.82) is 0 Å². The molecular weight excluding hydrogens is 328 g/mol. The molecule has 1 aliphatic carbocycles. The van der Waals surface area contributed by atoms with Crippen molar-refractivity contribution in [2.45, 2.75) is 37.6 Å². The summed E-state index contributed by atoms with van der Waals surface area (Å²) in [5.74, 6) is 3.14. The molecule has 1 aliphatic heterocycles. The lowest BCUT2D eigenvalue weighted by atomic mass is 9.91. The highest BCUT2D eigenvalue weighted by molar-refractivity contribution is 7.89. The van der Waals surface area contributed by atoms with Gasteiger partial charge >= 0.3 is 0 Å². The minimum absolute atomic E-state index is 0.0616. The zero-order chi connectivity index (χ0) is 17.1. The Morgan fingerprint density at radius 3 is 2.54 bits per heavy atom. The molecule has 3 heterocycles. The summed E-state index contributed by atoms with van der Waals surface area (Å²) >= 11 is 0. The van der Waals surface area contributed by atoms with E-state index in [9.17, 15) is 8.42 Å². The Balaban J connectivity index is 1.66. The number of sulfonamides is 1. The van der Waals surface area contributed by atoms with E-state index in [2.05, 4.69) is 20.2 Å². The van der Waals surface area contributed by atoms with Gasteiger partial charge in [0.15, 0.2) is 10.9 Å². The summed E-state index contributed by atoms with van der Waals surface area (Å²) in [6.45, 7) is 4.64. The number of H-pyrrole nitrogens is 1. The smallest absolute Gasteiger partial charge is 0.260 e. The van der Waals surface area contributed by atoms with E-state index < -0.39 is 10.0 Å². The highest BCUT2D eigenvalue weighted by atomic mass is 32.2. The fraction of sp³-hybridized carbons (Fsp3) is 0.667. The Kier molecular flexibility index (Phi) is 3.54. The predicted molar refractivity (Wildman–Crippen MR) is 86.8 cm³/mol. The van der Waals surface area contributed by atoms with Crippen LogP contribution in [0.15, 0.2) is 11.2 Å². The van der Waals surface area contributed by atoms with E-state index >= 15 is 0 Å². The molecule has 2 atom stereocenters. The van der Waals surface area contributed by atoms with Crippen LogP contribution in [0.1, 0.15) is 36.2 Å². The van der Waals surface area contributed by atoms with Gasteiger partial charge in [0, 0.05) is 26.1 Å². The number of nitrogens with zero attached hydrogens (tertiary/aromatic N) is 5.